The summed E-state index contributed by atoms with van der Waals surface area (Å²) >= 11 is 0. The smallest absolute Gasteiger partial charge is 0.278 e. The maximum absolute atomic E-state index is 13.4. The van der Waals surface area contributed by atoms with Gasteiger partial charge in [-0.15, -0.1) is 5.10 Å². The molecule has 0 spiro atoms. The quantitative estimate of drug-likeness (QED) is 0.516. The normalized spacial score (nSPS) is 14.1. The monoisotopic (exact) mass is 412 g/mol. The summed E-state index contributed by atoms with van der Waals surface area (Å²) in [5.74, 6) is 0.569. The number of amides is 1. The molecule has 0 aliphatic carbocycles. The van der Waals surface area contributed by atoms with Gasteiger partial charge in [-0.25, -0.2) is 0 Å². The van der Waals surface area contributed by atoms with Crippen molar-refractivity contribution in [1.82, 2.24) is 24.5 Å². The SMILES string of the molecule is Cc1ccc(-n2nnc(C(=O)N3CCN(c4ccccc4)CC3)c2-n2cccc2)cc1. The summed E-state index contributed by atoms with van der Waals surface area (Å²) in [6.07, 6.45) is 3.82. The van der Waals surface area contributed by atoms with Crippen LogP contribution < -0.4 is 4.90 Å². The third-order valence-corrected chi connectivity index (χ3v) is 5.66. The molecule has 1 fully saturated rings. The molecule has 7 nitrogen and oxygen atoms in total. The van der Waals surface area contributed by atoms with Gasteiger partial charge in [-0.2, -0.15) is 4.68 Å². The van der Waals surface area contributed by atoms with E-state index in [1.54, 1.807) is 4.68 Å². The molecule has 0 unspecified atom stereocenters. The minimum atomic E-state index is -0.0882. The number of piperazine rings is 1. The molecule has 3 heterocycles. The Morgan fingerprint density at radius 1 is 0.806 bits per heavy atom. The van der Waals surface area contributed by atoms with Gasteiger partial charge in [-0.05, 0) is 43.3 Å². The van der Waals surface area contributed by atoms with E-state index < -0.39 is 0 Å². The van der Waals surface area contributed by atoms with Crippen LogP contribution in [-0.4, -0.2) is 56.5 Å². The summed E-state index contributed by atoms with van der Waals surface area (Å²) in [4.78, 5) is 17.6. The van der Waals surface area contributed by atoms with Gasteiger partial charge in [-0.1, -0.05) is 41.1 Å². The van der Waals surface area contributed by atoms with Gasteiger partial charge in [-0.3, -0.25) is 4.79 Å². The maximum Gasteiger partial charge on any atom is 0.278 e. The largest absolute Gasteiger partial charge is 0.368 e. The second-order valence-corrected chi connectivity index (χ2v) is 7.71. The van der Waals surface area contributed by atoms with Gasteiger partial charge in [0.1, 0.15) is 0 Å². The van der Waals surface area contributed by atoms with Gasteiger partial charge in [0.15, 0.2) is 11.5 Å². The number of hydrogen-bond donors (Lipinski definition) is 0. The fourth-order valence-corrected chi connectivity index (χ4v) is 3.94. The lowest BCUT2D eigenvalue weighted by Crippen LogP contribution is -2.49. The van der Waals surface area contributed by atoms with Crippen molar-refractivity contribution in [3.63, 3.8) is 0 Å². The van der Waals surface area contributed by atoms with Crippen molar-refractivity contribution < 1.29 is 4.79 Å². The highest BCUT2D eigenvalue weighted by atomic mass is 16.2. The highest BCUT2D eigenvalue weighted by Gasteiger charge is 2.28. The zero-order chi connectivity index (χ0) is 21.2. The third-order valence-electron chi connectivity index (χ3n) is 5.66. The first-order valence-electron chi connectivity index (χ1n) is 10.5. The number of rotatable bonds is 4. The fraction of sp³-hybridized carbons (Fsp3) is 0.208. The number of carbonyl (C=O) groups excluding carboxylic acids is 1. The van der Waals surface area contributed by atoms with Gasteiger partial charge in [0.05, 0.1) is 5.69 Å². The number of benzene rings is 2. The predicted octanol–water partition coefficient (Wildman–Crippen LogP) is 3.33. The molecule has 5 rings (SSSR count). The van der Waals surface area contributed by atoms with Crippen LogP contribution in [0.4, 0.5) is 5.69 Å². The number of para-hydroxylation sites is 1. The Labute approximate surface area is 181 Å². The van der Waals surface area contributed by atoms with Crippen LogP contribution in [0.25, 0.3) is 11.5 Å². The molecule has 0 N–H and O–H groups in total. The summed E-state index contributed by atoms with van der Waals surface area (Å²) in [6, 6.07) is 22.2. The first-order chi connectivity index (χ1) is 15.2. The van der Waals surface area contributed by atoms with Crippen LogP contribution in [0.15, 0.2) is 79.1 Å². The lowest BCUT2D eigenvalue weighted by molar-refractivity contribution is 0.0740. The second kappa shape index (κ2) is 8.10. The first kappa shape index (κ1) is 19.1. The molecular weight excluding hydrogens is 388 g/mol. The van der Waals surface area contributed by atoms with Gasteiger partial charge in [0.2, 0.25) is 0 Å². The molecule has 4 aromatic rings. The minimum Gasteiger partial charge on any atom is -0.368 e. The molecule has 0 radical (unpaired) electrons. The molecule has 0 bridgehead atoms. The number of carbonyl (C=O) groups is 1. The summed E-state index contributed by atoms with van der Waals surface area (Å²) in [5, 5.41) is 8.65. The Bertz CT molecular complexity index is 1160. The van der Waals surface area contributed by atoms with Crippen LogP contribution >= 0.6 is 0 Å². The lowest BCUT2D eigenvalue weighted by Gasteiger charge is -2.35. The van der Waals surface area contributed by atoms with Gasteiger partial charge in [0, 0.05) is 44.3 Å². The standard InChI is InChI=1S/C24H24N6O/c1-19-9-11-21(12-10-19)30-23(28-13-5-6-14-28)22(25-26-30)24(31)29-17-15-27(16-18-29)20-7-3-2-4-8-20/h2-14H,15-18H2,1H3. The van der Waals surface area contributed by atoms with Crippen molar-refractivity contribution in [3.8, 4) is 11.5 Å². The number of hydrogen-bond acceptors (Lipinski definition) is 4. The number of aryl methyl sites for hydroxylation is 1. The van der Waals surface area contributed by atoms with Crippen molar-refractivity contribution in [3.05, 3.63) is 90.4 Å². The van der Waals surface area contributed by atoms with Crippen molar-refractivity contribution in [2.45, 2.75) is 6.92 Å². The number of anilines is 1. The van der Waals surface area contributed by atoms with Gasteiger partial charge in [0.25, 0.3) is 5.91 Å². The van der Waals surface area contributed by atoms with Crippen LogP contribution in [0.5, 0.6) is 0 Å². The molecule has 7 heteroatoms. The molecule has 1 aliphatic rings. The summed E-state index contributed by atoms with van der Waals surface area (Å²) < 4.78 is 3.63. The average molecular weight is 412 g/mol. The van der Waals surface area contributed by atoms with E-state index in [-0.39, 0.29) is 5.91 Å². The van der Waals surface area contributed by atoms with E-state index in [4.69, 9.17) is 0 Å². The Balaban J connectivity index is 1.42. The Kier molecular flexibility index (Phi) is 5.00. The zero-order valence-electron chi connectivity index (χ0n) is 17.4. The maximum atomic E-state index is 13.4. The number of nitrogens with zero attached hydrogens (tertiary/aromatic N) is 6. The first-order valence-corrected chi connectivity index (χ1v) is 10.5. The molecule has 0 atom stereocenters. The molecule has 0 saturated carbocycles. The summed E-state index contributed by atoms with van der Waals surface area (Å²) in [6.45, 7) is 4.93. The second-order valence-electron chi connectivity index (χ2n) is 7.71. The minimum absolute atomic E-state index is 0.0882. The van der Waals surface area contributed by atoms with Crippen LogP contribution in [0.1, 0.15) is 16.1 Å². The number of aromatic nitrogens is 4. The fourth-order valence-electron chi connectivity index (χ4n) is 3.94. The Morgan fingerprint density at radius 3 is 2.16 bits per heavy atom. The van der Waals surface area contributed by atoms with E-state index in [1.807, 2.05) is 83.4 Å². The van der Waals surface area contributed by atoms with Crippen molar-refractivity contribution in [1.29, 1.82) is 0 Å². The topological polar surface area (TPSA) is 59.2 Å². The van der Waals surface area contributed by atoms with Crippen LogP contribution in [0.2, 0.25) is 0 Å². The van der Waals surface area contributed by atoms with Crippen LogP contribution in [0, 0.1) is 6.92 Å². The molecular formula is C24H24N6O. The third kappa shape index (κ3) is 3.70. The van der Waals surface area contributed by atoms with Gasteiger partial charge < -0.3 is 14.4 Å². The van der Waals surface area contributed by atoms with Crippen molar-refractivity contribution in [2.24, 2.45) is 0 Å². The van der Waals surface area contributed by atoms with Gasteiger partial charge >= 0.3 is 0 Å². The summed E-state index contributed by atoms with van der Waals surface area (Å²) in [5.41, 5.74) is 3.59. The molecule has 156 valence electrons. The van der Waals surface area contributed by atoms with E-state index in [2.05, 4.69) is 27.3 Å². The molecule has 2 aromatic heterocycles. The van der Waals surface area contributed by atoms with E-state index in [9.17, 15) is 4.79 Å². The molecule has 2 aromatic carbocycles. The Hall–Kier alpha value is -3.87. The van der Waals surface area contributed by atoms with E-state index in [0.717, 1.165) is 18.8 Å². The van der Waals surface area contributed by atoms with Crippen LogP contribution in [0.3, 0.4) is 0 Å². The summed E-state index contributed by atoms with van der Waals surface area (Å²) in [7, 11) is 0. The molecule has 1 aliphatic heterocycles. The molecule has 31 heavy (non-hydrogen) atoms. The molecule has 1 saturated heterocycles. The van der Waals surface area contributed by atoms with Crippen molar-refractivity contribution in [2.75, 3.05) is 31.1 Å². The van der Waals surface area contributed by atoms with Crippen molar-refractivity contribution >= 4 is 11.6 Å². The van der Waals surface area contributed by atoms with Crippen LogP contribution in [-0.2, 0) is 0 Å². The van der Waals surface area contributed by atoms with E-state index in [1.165, 1.54) is 11.3 Å². The Morgan fingerprint density at radius 2 is 1.48 bits per heavy atom. The highest BCUT2D eigenvalue weighted by Crippen LogP contribution is 2.21. The lowest BCUT2D eigenvalue weighted by atomic mass is 10.2. The van der Waals surface area contributed by atoms with E-state index >= 15 is 0 Å². The zero-order valence-corrected chi connectivity index (χ0v) is 17.4. The van der Waals surface area contributed by atoms with E-state index in [0.29, 0.717) is 24.6 Å². The highest BCUT2D eigenvalue weighted by molar-refractivity contribution is 5.95. The molecule has 1 amide bonds. The average Bonchev–Trinajstić information content (AvgIpc) is 3.50. The predicted molar refractivity (Wildman–Crippen MR) is 120 cm³/mol.